The standard InChI is InChI=1S/C9H13N3/c1-3-5-10-9(2)8-12-7-4-6-11-12/h1,4,6-7,9-10H,5,8H2,2H3. The van der Waals surface area contributed by atoms with Gasteiger partial charge in [-0.15, -0.1) is 6.42 Å². The largest absolute Gasteiger partial charge is 0.302 e. The highest BCUT2D eigenvalue weighted by Gasteiger charge is 1.99. The molecule has 0 aliphatic rings. The smallest absolute Gasteiger partial charge is 0.0576 e. The maximum atomic E-state index is 5.12. The van der Waals surface area contributed by atoms with E-state index in [-0.39, 0.29) is 0 Å². The van der Waals surface area contributed by atoms with E-state index in [4.69, 9.17) is 6.42 Å². The van der Waals surface area contributed by atoms with Crippen molar-refractivity contribution in [2.75, 3.05) is 6.54 Å². The van der Waals surface area contributed by atoms with Gasteiger partial charge in [-0.2, -0.15) is 5.10 Å². The first-order valence-corrected chi connectivity index (χ1v) is 3.97. The summed E-state index contributed by atoms with van der Waals surface area (Å²) in [5.41, 5.74) is 0. The number of nitrogens with one attached hydrogen (secondary N) is 1. The predicted molar refractivity (Wildman–Crippen MR) is 48.5 cm³/mol. The normalized spacial score (nSPS) is 12.3. The van der Waals surface area contributed by atoms with E-state index in [1.54, 1.807) is 6.20 Å². The maximum absolute atomic E-state index is 5.12. The van der Waals surface area contributed by atoms with Crippen LogP contribution in [-0.4, -0.2) is 22.4 Å². The minimum absolute atomic E-state index is 0.362. The van der Waals surface area contributed by atoms with Gasteiger partial charge in [0.05, 0.1) is 13.1 Å². The molecule has 0 saturated heterocycles. The van der Waals surface area contributed by atoms with Gasteiger partial charge in [0, 0.05) is 18.4 Å². The van der Waals surface area contributed by atoms with E-state index in [0.29, 0.717) is 12.6 Å². The Kier molecular flexibility index (Phi) is 3.36. The third-order valence-corrected chi connectivity index (χ3v) is 1.57. The van der Waals surface area contributed by atoms with E-state index >= 15 is 0 Å². The topological polar surface area (TPSA) is 29.9 Å². The van der Waals surface area contributed by atoms with Crippen molar-refractivity contribution < 1.29 is 0 Å². The molecule has 1 unspecified atom stereocenters. The van der Waals surface area contributed by atoms with Crippen LogP contribution in [0.3, 0.4) is 0 Å². The molecule has 1 aromatic heterocycles. The van der Waals surface area contributed by atoms with Crippen LogP contribution in [0.15, 0.2) is 18.5 Å². The van der Waals surface area contributed by atoms with Crippen molar-refractivity contribution in [2.24, 2.45) is 0 Å². The zero-order chi connectivity index (χ0) is 8.81. The lowest BCUT2D eigenvalue weighted by Crippen LogP contribution is -2.30. The number of hydrogen-bond donors (Lipinski definition) is 1. The highest BCUT2D eigenvalue weighted by Crippen LogP contribution is 1.89. The summed E-state index contributed by atoms with van der Waals surface area (Å²) >= 11 is 0. The molecule has 0 spiro atoms. The average Bonchev–Trinajstić information content (AvgIpc) is 2.53. The van der Waals surface area contributed by atoms with Crippen LogP contribution >= 0.6 is 0 Å². The van der Waals surface area contributed by atoms with Gasteiger partial charge in [0.15, 0.2) is 0 Å². The Labute approximate surface area is 72.8 Å². The molecular formula is C9H13N3. The molecule has 0 fully saturated rings. The van der Waals surface area contributed by atoms with Crippen LogP contribution in [0.1, 0.15) is 6.92 Å². The molecule has 1 N–H and O–H groups in total. The van der Waals surface area contributed by atoms with Crippen LogP contribution in [0.25, 0.3) is 0 Å². The van der Waals surface area contributed by atoms with Gasteiger partial charge in [-0.3, -0.25) is 4.68 Å². The lowest BCUT2D eigenvalue weighted by atomic mass is 10.3. The Hall–Kier alpha value is -1.27. The molecule has 1 rings (SSSR count). The monoisotopic (exact) mass is 163 g/mol. The third kappa shape index (κ3) is 2.77. The Morgan fingerprint density at radius 1 is 1.75 bits per heavy atom. The lowest BCUT2D eigenvalue weighted by Gasteiger charge is -2.10. The molecule has 1 aromatic rings. The molecule has 0 aliphatic heterocycles. The second kappa shape index (κ2) is 4.58. The van der Waals surface area contributed by atoms with Crippen molar-refractivity contribution >= 4 is 0 Å². The number of hydrogen-bond acceptors (Lipinski definition) is 2. The number of rotatable bonds is 4. The Morgan fingerprint density at radius 3 is 3.17 bits per heavy atom. The molecule has 1 atom stereocenters. The van der Waals surface area contributed by atoms with Gasteiger partial charge in [0.2, 0.25) is 0 Å². The molecule has 0 bridgehead atoms. The summed E-state index contributed by atoms with van der Waals surface area (Å²) in [6.07, 6.45) is 8.83. The van der Waals surface area contributed by atoms with E-state index in [0.717, 1.165) is 6.54 Å². The summed E-state index contributed by atoms with van der Waals surface area (Å²) in [4.78, 5) is 0. The minimum atomic E-state index is 0.362. The molecule has 0 aliphatic carbocycles. The maximum Gasteiger partial charge on any atom is 0.0576 e. The van der Waals surface area contributed by atoms with E-state index in [1.807, 2.05) is 16.9 Å². The average molecular weight is 163 g/mol. The molecule has 0 aromatic carbocycles. The molecule has 3 heteroatoms. The quantitative estimate of drug-likeness (QED) is 0.655. The molecule has 0 radical (unpaired) electrons. The zero-order valence-electron chi connectivity index (χ0n) is 7.20. The van der Waals surface area contributed by atoms with Gasteiger partial charge in [0.1, 0.15) is 0 Å². The van der Waals surface area contributed by atoms with Crippen LogP contribution in [-0.2, 0) is 6.54 Å². The Morgan fingerprint density at radius 2 is 2.58 bits per heavy atom. The van der Waals surface area contributed by atoms with Gasteiger partial charge in [-0.05, 0) is 13.0 Å². The first-order chi connectivity index (χ1) is 5.83. The van der Waals surface area contributed by atoms with E-state index in [9.17, 15) is 0 Å². The fourth-order valence-electron chi connectivity index (χ4n) is 0.987. The lowest BCUT2D eigenvalue weighted by molar-refractivity contribution is 0.471. The first kappa shape index (κ1) is 8.82. The van der Waals surface area contributed by atoms with Gasteiger partial charge in [-0.25, -0.2) is 0 Å². The third-order valence-electron chi connectivity index (χ3n) is 1.57. The Bertz CT molecular complexity index is 245. The minimum Gasteiger partial charge on any atom is -0.302 e. The molecule has 64 valence electrons. The van der Waals surface area contributed by atoms with Gasteiger partial charge >= 0.3 is 0 Å². The molecule has 0 saturated carbocycles. The first-order valence-electron chi connectivity index (χ1n) is 3.97. The Balaban J connectivity index is 2.28. The summed E-state index contributed by atoms with van der Waals surface area (Å²) in [6, 6.07) is 2.27. The van der Waals surface area contributed by atoms with E-state index in [1.165, 1.54) is 0 Å². The van der Waals surface area contributed by atoms with Crippen LogP contribution in [0, 0.1) is 12.3 Å². The van der Waals surface area contributed by atoms with Crippen LogP contribution in [0.4, 0.5) is 0 Å². The van der Waals surface area contributed by atoms with Crippen LogP contribution < -0.4 is 5.32 Å². The molecule has 3 nitrogen and oxygen atoms in total. The highest BCUT2D eigenvalue weighted by molar-refractivity contribution is 4.88. The van der Waals surface area contributed by atoms with Crippen molar-refractivity contribution in [2.45, 2.75) is 19.5 Å². The molecule has 1 heterocycles. The van der Waals surface area contributed by atoms with Crippen molar-refractivity contribution in [1.29, 1.82) is 0 Å². The molecular weight excluding hydrogens is 150 g/mol. The second-order valence-corrected chi connectivity index (χ2v) is 2.71. The fraction of sp³-hybridized carbons (Fsp3) is 0.444. The molecule has 12 heavy (non-hydrogen) atoms. The second-order valence-electron chi connectivity index (χ2n) is 2.71. The predicted octanol–water partition coefficient (Wildman–Crippen LogP) is 0.494. The highest BCUT2D eigenvalue weighted by atomic mass is 15.3. The van der Waals surface area contributed by atoms with Crippen molar-refractivity contribution in [3.05, 3.63) is 18.5 Å². The van der Waals surface area contributed by atoms with Crippen molar-refractivity contribution in [1.82, 2.24) is 15.1 Å². The van der Waals surface area contributed by atoms with Gasteiger partial charge < -0.3 is 5.32 Å². The molecule has 0 amide bonds. The number of terminal acetylenes is 1. The van der Waals surface area contributed by atoms with Crippen LogP contribution in [0.5, 0.6) is 0 Å². The zero-order valence-corrected chi connectivity index (χ0v) is 7.20. The fourth-order valence-corrected chi connectivity index (χ4v) is 0.987. The van der Waals surface area contributed by atoms with Crippen LogP contribution in [0.2, 0.25) is 0 Å². The summed E-state index contributed by atoms with van der Waals surface area (Å²) < 4.78 is 1.88. The van der Waals surface area contributed by atoms with Gasteiger partial charge in [0.25, 0.3) is 0 Å². The van der Waals surface area contributed by atoms with E-state index in [2.05, 4.69) is 23.3 Å². The summed E-state index contributed by atoms with van der Waals surface area (Å²) in [7, 11) is 0. The summed E-state index contributed by atoms with van der Waals surface area (Å²) in [5.74, 6) is 2.54. The van der Waals surface area contributed by atoms with Crippen molar-refractivity contribution in [3.8, 4) is 12.3 Å². The SMILES string of the molecule is C#CCNC(C)Cn1cccn1. The van der Waals surface area contributed by atoms with Gasteiger partial charge in [-0.1, -0.05) is 5.92 Å². The summed E-state index contributed by atoms with van der Waals surface area (Å²) in [6.45, 7) is 3.55. The number of nitrogens with zero attached hydrogens (tertiary/aromatic N) is 2. The number of aromatic nitrogens is 2. The van der Waals surface area contributed by atoms with Crippen molar-refractivity contribution in [3.63, 3.8) is 0 Å². The van der Waals surface area contributed by atoms with E-state index < -0.39 is 0 Å². The summed E-state index contributed by atoms with van der Waals surface area (Å²) in [5, 5.41) is 7.26.